The normalized spacial score (nSPS) is 24.0. The molecule has 1 amide bonds. The molecule has 1 aromatic carbocycles. The molecule has 1 aromatic rings. The van der Waals surface area contributed by atoms with E-state index in [1.54, 1.807) is 12.1 Å². The molecular weight excluding hydrogens is 463 g/mol. The third-order valence-electron chi connectivity index (χ3n) is 5.37. The number of benzene rings is 1. The first-order chi connectivity index (χ1) is 12.9. The molecule has 0 N–H and O–H groups in total. The van der Waals surface area contributed by atoms with E-state index < -0.39 is 4.92 Å². The van der Waals surface area contributed by atoms with Crippen LogP contribution in [0.2, 0.25) is 0 Å². The van der Waals surface area contributed by atoms with Crippen LogP contribution in [-0.2, 0) is 4.79 Å². The average molecular weight is 488 g/mol. The lowest BCUT2D eigenvalue weighted by atomic mass is 9.95. The molecule has 2 aliphatic heterocycles. The zero-order chi connectivity index (χ0) is 19.6. The number of alkyl halides is 1. The predicted octanol–water partition coefficient (Wildman–Crippen LogP) is 2.35. The maximum atomic E-state index is 13.1. The topological polar surface area (TPSA) is 79.2 Å². The van der Waals surface area contributed by atoms with Crippen molar-refractivity contribution in [2.75, 3.05) is 51.8 Å². The van der Waals surface area contributed by atoms with Crippen LogP contribution in [-0.4, -0.2) is 71.6 Å². The summed E-state index contributed by atoms with van der Waals surface area (Å²) in [6, 6.07) is 4.92. The minimum atomic E-state index is -0.444. The number of hydrogen-bond acceptors (Lipinski definition) is 6. The van der Waals surface area contributed by atoms with E-state index >= 15 is 0 Å². The van der Waals surface area contributed by atoms with Crippen molar-refractivity contribution in [3.63, 3.8) is 0 Å². The molecule has 0 saturated carbocycles. The summed E-state index contributed by atoms with van der Waals surface area (Å²) < 4.78 is 5.21. The fraction of sp³-hybridized carbons (Fsp3) is 0.611. The SMILES string of the molecule is COc1cc(N2CCCC(C(=O)N3CCN(C)CC3)C2I)ccc1[N+](=O)[O-]. The Kier molecular flexibility index (Phi) is 6.40. The quantitative estimate of drug-likeness (QED) is 0.213. The standard InChI is InChI=1S/C18H25IN4O4/c1-20-8-10-21(11-9-20)18(24)14-4-3-7-22(17(14)19)13-5-6-15(23(25)26)16(12-13)27-2/h5-6,12,14,17H,3-4,7-11H2,1-2H3. The molecule has 27 heavy (non-hydrogen) atoms. The van der Waals surface area contributed by atoms with Gasteiger partial charge >= 0.3 is 5.69 Å². The Bertz CT molecular complexity index is 709. The summed E-state index contributed by atoms with van der Waals surface area (Å²) in [5, 5.41) is 11.1. The van der Waals surface area contributed by atoms with Crippen molar-refractivity contribution in [1.82, 2.24) is 9.80 Å². The van der Waals surface area contributed by atoms with Crippen LogP contribution in [0, 0.1) is 16.0 Å². The van der Waals surface area contributed by atoms with E-state index in [2.05, 4.69) is 39.4 Å². The molecule has 2 saturated heterocycles. The van der Waals surface area contributed by atoms with Crippen LogP contribution in [0.15, 0.2) is 18.2 Å². The highest BCUT2D eigenvalue weighted by Gasteiger charge is 2.37. The highest BCUT2D eigenvalue weighted by molar-refractivity contribution is 14.1. The number of anilines is 1. The molecule has 2 atom stereocenters. The number of nitro groups is 1. The largest absolute Gasteiger partial charge is 0.490 e. The second kappa shape index (κ2) is 8.59. The second-order valence-corrected chi connectivity index (χ2v) is 8.33. The Hall–Kier alpha value is -1.62. The number of nitro benzene ring substituents is 1. The molecule has 8 nitrogen and oxygen atoms in total. The number of nitrogens with zero attached hydrogens (tertiary/aromatic N) is 4. The summed E-state index contributed by atoms with van der Waals surface area (Å²) in [5.41, 5.74) is 0.807. The fourth-order valence-corrected chi connectivity index (χ4v) is 5.00. The van der Waals surface area contributed by atoms with Crippen LogP contribution in [0.3, 0.4) is 0 Å². The number of piperidine rings is 1. The molecule has 0 aliphatic carbocycles. The zero-order valence-corrected chi connectivity index (χ0v) is 17.8. The minimum Gasteiger partial charge on any atom is -0.490 e. The first kappa shape index (κ1) is 20.1. The van der Waals surface area contributed by atoms with E-state index in [0.29, 0.717) is 0 Å². The van der Waals surface area contributed by atoms with Gasteiger partial charge in [-0.3, -0.25) is 14.9 Å². The lowest BCUT2D eigenvalue weighted by Gasteiger charge is -2.42. The van der Waals surface area contributed by atoms with E-state index in [1.807, 2.05) is 4.90 Å². The maximum absolute atomic E-state index is 13.1. The molecule has 9 heteroatoms. The molecule has 0 spiro atoms. The van der Waals surface area contributed by atoms with Crippen molar-refractivity contribution < 1.29 is 14.5 Å². The van der Waals surface area contributed by atoms with Gasteiger partial charge < -0.3 is 19.4 Å². The molecular formula is C18H25IN4O4. The number of carbonyl (C=O) groups is 1. The van der Waals surface area contributed by atoms with Gasteiger partial charge in [0, 0.05) is 50.5 Å². The van der Waals surface area contributed by atoms with Crippen LogP contribution in [0.1, 0.15) is 12.8 Å². The van der Waals surface area contributed by atoms with Gasteiger partial charge in [-0.2, -0.15) is 0 Å². The van der Waals surface area contributed by atoms with Crippen molar-refractivity contribution >= 4 is 39.9 Å². The van der Waals surface area contributed by atoms with E-state index in [4.69, 9.17) is 4.74 Å². The first-order valence-electron chi connectivity index (χ1n) is 9.13. The van der Waals surface area contributed by atoms with Gasteiger partial charge in [-0.05, 0) is 26.0 Å². The smallest absolute Gasteiger partial charge is 0.311 e. The van der Waals surface area contributed by atoms with Crippen LogP contribution in [0.4, 0.5) is 11.4 Å². The molecule has 148 valence electrons. The van der Waals surface area contributed by atoms with Gasteiger partial charge in [0.05, 0.1) is 22.0 Å². The summed E-state index contributed by atoms with van der Waals surface area (Å²) >= 11 is 2.34. The van der Waals surface area contributed by atoms with Gasteiger partial charge in [0.25, 0.3) is 0 Å². The summed E-state index contributed by atoms with van der Waals surface area (Å²) in [6.45, 7) is 4.20. The molecule has 2 unspecified atom stereocenters. The zero-order valence-electron chi connectivity index (χ0n) is 15.6. The number of methoxy groups -OCH3 is 1. The number of rotatable bonds is 4. The van der Waals surface area contributed by atoms with E-state index in [1.165, 1.54) is 13.2 Å². The Morgan fingerprint density at radius 1 is 1.26 bits per heavy atom. The summed E-state index contributed by atoms with van der Waals surface area (Å²) in [7, 11) is 3.51. The molecule has 0 bridgehead atoms. The number of amides is 1. The van der Waals surface area contributed by atoms with Gasteiger partial charge in [-0.15, -0.1) is 0 Å². The third kappa shape index (κ3) is 4.29. The van der Waals surface area contributed by atoms with E-state index in [9.17, 15) is 14.9 Å². The number of piperazine rings is 1. The van der Waals surface area contributed by atoms with Gasteiger partial charge in [0.15, 0.2) is 5.75 Å². The Morgan fingerprint density at radius 2 is 1.96 bits per heavy atom. The monoisotopic (exact) mass is 488 g/mol. The second-order valence-electron chi connectivity index (χ2n) is 7.06. The lowest BCUT2D eigenvalue weighted by molar-refractivity contribution is -0.385. The number of carbonyl (C=O) groups excluding carboxylic acids is 1. The number of ether oxygens (including phenoxy) is 1. The van der Waals surface area contributed by atoms with E-state index in [0.717, 1.165) is 51.3 Å². The summed E-state index contributed by atoms with van der Waals surface area (Å²) in [6.07, 6.45) is 1.79. The first-order valence-corrected chi connectivity index (χ1v) is 10.4. The Balaban J connectivity index is 1.77. The van der Waals surface area contributed by atoms with Crippen LogP contribution >= 0.6 is 22.6 Å². The van der Waals surface area contributed by atoms with Crippen molar-refractivity contribution in [2.45, 2.75) is 16.9 Å². The number of likely N-dealkylation sites (N-methyl/N-ethyl adjacent to an activating group) is 1. The molecule has 3 rings (SSSR count). The number of hydrogen-bond donors (Lipinski definition) is 0. The van der Waals surface area contributed by atoms with Gasteiger partial charge in [-0.1, -0.05) is 22.6 Å². The lowest BCUT2D eigenvalue weighted by Crippen LogP contribution is -2.53. The average Bonchev–Trinajstić information content (AvgIpc) is 2.67. The highest BCUT2D eigenvalue weighted by Crippen LogP contribution is 2.37. The van der Waals surface area contributed by atoms with Crippen molar-refractivity contribution in [3.8, 4) is 5.75 Å². The molecule has 0 radical (unpaired) electrons. The molecule has 2 heterocycles. The molecule has 2 fully saturated rings. The van der Waals surface area contributed by atoms with Gasteiger partial charge in [-0.25, -0.2) is 0 Å². The minimum absolute atomic E-state index is 0.00895. The van der Waals surface area contributed by atoms with Crippen LogP contribution < -0.4 is 9.64 Å². The van der Waals surface area contributed by atoms with Crippen molar-refractivity contribution in [2.24, 2.45) is 5.92 Å². The Labute approximate surface area is 172 Å². The summed E-state index contributed by atoms with van der Waals surface area (Å²) in [5.74, 6) is 0.402. The van der Waals surface area contributed by atoms with Crippen LogP contribution in [0.25, 0.3) is 0 Å². The van der Waals surface area contributed by atoms with Crippen molar-refractivity contribution in [3.05, 3.63) is 28.3 Å². The highest BCUT2D eigenvalue weighted by atomic mass is 127. The van der Waals surface area contributed by atoms with Gasteiger partial charge in [0.1, 0.15) is 0 Å². The number of halogens is 1. The molecule has 0 aromatic heterocycles. The van der Waals surface area contributed by atoms with Gasteiger partial charge in [0.2, 0.25) is 5.91 Å². The third-order valence-corrected chi connectivity index (χ3v) is 6.91. The molecule has 2 aliphatic rings. The van der Waals surface area contributed by atoms with Crippen molar-refractivity contribution in [1.29, 1.82) is 0 Å². The Morgan fingerprint density at radius 3 is 2.59 bits per heavy atom. The predicted molar refractivity (Wildman–Crippen MR) is 112 cm³/mol. The van der Waals surface area contributed by atoms with Crippen LogP contribution in [0.5, 0.6) is 5.75 Å². The summed E-state index contributed by atoms with van der Waals surface area (Å²) in [4.78, 5) is 30.1. The van der Waals surface area contributed by atoms with E-state index in [-0.39, 0.29) is 27.3 Å². The fourth-order valence-electron chi connectivity index (χ4n) is 3.73. The maximum Gasteiger partial charge on any atom is 0.311 e.